The van der Waals surface area contributed by atoms with Crippen LogP contribution in [-0.4, -0.2) is 13.2 Å². The third-order valence-corrected chi connectivity index (χ3v) is 4.78. The molecule has 2 fully saturated rings. The van der Waals surface area contributed by atoms with Crippen molar-refractivity contribution >= 4 is 13.2 Å². The molecule has 1 unspecified atom stereocenters. The monoisotopic (exact) mass is 257 g/mol. The van der Waals surface area contributed by atoms with Crippen LogP contribution in [0.25, 0.3) is 0 Å². The molecule has 3 N–H and O–H groups in total. The molecule has 0 spiro atoms. The van der Waals surface area contributed by atoms with Gasteiger partial charge in [0, 0.05) is 11.4 Å². The van der Waals surface area contributed by atoms with Gasteiger partial charge >= 0.3 is 0 Å². The van der Waals surface area contributed by atoms with Crippen LogP contribution < -0.4 is 11.1 Å². The third kappa shape index (κ3) is 3.04. The Balaban J connectivity index is 1.58. The van der Waals surface area contributed by atoms with Gasteiger partial charge in [-0.3, -0.25) is 0 Å². The lowest BCUT2D eigenvalue weighted by atomic mass is 9.87. The number of hydrogen-bond donors (Lipinski definition) is 2. The summed E-state index contributed by atoms with van der Waals surface area (Å²) in [5.41, 5.74) is 9.90. The van der Waals surface area contributed by atoms with Gasteiger partial charge in [-0.2, -0.15) is 0 Å². The van der Waals surface area contributed by atoms with Gasteiger partial charge in [-0.25, -0.2) is 4.99 Å². The molecule has 3 rings (SSSR count). The van der Waals surface area contributed by atoms with Crippen molar-refractivity contribution in [3.63, 3.8) is 0 Å². The number of allylic oxidation sites excluding steroid dienone is 3. The molecule has 3 aliphatic rings. The maximum Gasteiger partial charge on any atom is 0.197 e. The molecule has 19 heavy (non-hydrogen) atoms. The zero-order valence-electron chi connectivity index (χ0n) is 11.8. The Morgan fingerprint density at radius 2 is 2.00 bits per heavy atom. The van der Waals surface area contributed by atoms with Gasteiger partial charge in [0.1, 0.15) is 0 Å². The molecule has 2 aliphatic carbocycles. The average Bonchev–Trinajstić information content (AvgIpc) is 3.20. The third-order valence-electron chi connectivity index (χ3n) is 4.78. The summed E-state index contributed by atoms with van der Waals surface area (Å²) in [6.45, 7) is 4.15. The van der Waals surface area contributed by atoms with E-state index in [1.807, 2.05) is 0 Å². The smallest absolute Gasteiger partial charge is 0.197 e. The van der Waals surface area contributed by atoms with E-state index >= 15 is 0 Å². The summed E-state index contributed by atoms with van der Waals surface area (Å²) in [6.07, 6.45) is 10.2. The van der Waals surface area contributed by atoms with Gasteiger partial charge in [0.25, 0.3) is 0 Å². The highest BCUT2D eigenvalue weighted by Crippen LogP contribution is 2.46. The zero-order valence-corrected chi connectivity index (χ0v) is 11.8. The molecular formula is C15H24BN3. The molecule has 3 nitrogen and oxygen atoms in total. The standard InChI is InChI=1S/C15H24BN3/c1-10(11-6-3-2-4-7-11)18-15(17)19-13-9-5-8-12-14(13)16-12/h11-12,16H,1-9H2,(H3,17,18,19). The molecular weight excluding hydrogens is 233 g/mol. The predicted octanol–water partition coefficient (Wildman–Crippen LogP) is 2.62. The van der Waals surface area contributed by atoms with Crippen LogP contribution in [0.1, 0.15) is 51.4 Å². The van der Waals surface area contributed by atoms with Crippen LogP contribution in [0.2, 0.25) is 5.82 Å². The van der Waals surface area contributed by atoms with Crippen LogP contribution >= 0.6 is 0 Å². The molecule has 1 heterocycles. The number of nitrogens with zero attached hydrogens (tertiary/aromatic N) is 1. The number of nitrogens with one attached hydrogen (secondary N) is 1. The van der Waals surface area contributed by atoms with E-state index < -0.39 is 0 Å². The van der Waals surface area contributed by atoms with Gasteiger partial charge < -0.3 is 11.1 Å². The van der Waals surface area contributed by atoms with Crippen molar-refractivity contribution in [3.05, 3.63) is 23.4 Å². The average molecular weight is 257 g/mol. The Labute approximate surface area is 116 Å². The first kappa shape index (κ1) is 12.8. The molecule has 4 heteroatoms. The summed E-state index contributed by atoms with van der Waals surface area (Å²) in [5.74, 6) is 1.97. The molecule has 0 bridgehead atoms. The van der Waals surface area contributed by atoms with Crippen molar-refractivity contribution in [2.45, 2.75) is 57.2 Å². The number of nitrogens with two attached hydrogens (primary N) is 1. The van der Waals surface area contributed by atoms with E-state index in [2.05, 4.69) is 16.9 Å². The van der Waals surface area contributed by atoms with E-state index in [1.54, 1.807) is 5.47 Å². The highest BCUT2D eigenvalue weighted by atomic mass is 15.1. The van der Waals surface area contributed by atoms with E-state index in [1.165, 1.54) is 57.9 Å². The minimum atomic E-state index is 0.547. The zero-order chi connectivity index (χ0) is 13.2. The lowest BCUT2D eigenvalue weighted by molar-refractivity contribution is 0.395. The molecule has 0 aromatic carbocycles. The van der Waals surface area contributed by atoms with Crippen LogP contribution in [0.15, 0.2) is 28.4 Å². The van der Waals surface area contributed by atoms with Crippen LogP contribution in [-0.2, 0) is 0 Å². The first-order chi connectivity index (χ1) is 9.24. The van der Waals surface area contributed by atoms with Gasteiger partial charge in [-0.1, -0.05) is 37.7 Å². The summed E-state index contributed by atoms with van der Waals surface area (Å²) >= 11 is 0. The molecule has 102 valence electrons. The van der Waals surface area contributed by atoms with Gasteiger partial charge in [0.05, 0.1) is 0 Å². The van der Waals surface area contributed by atoms with Crippen LogP contribution in [0.4, 0.5) is 0 Å². The Kier molecular flexibility index (Phi) is 3.67. The van der Waals surface area contributed by atoms with Gasteiger partial charge in [-0.05, 0) is 37.4 Å². The maximum atomic E-state index is 6.04. The van der Waals surface area contributed by atoms with Crippen LogP contribution in [0.3, 0.4) is 0 Å². The molecule has 1 saturated carbocycles. The van der Waals surface area contributed by atoms with E-state index in [4.69, 9.17) is 5.73 Å². The van der Waals surface area contributed by atoms with Crippen molar-refractivity contribution in [2.75, 3.05) is 0 Å². The van der Waals surface area contributed by atoms with Crippen molar-refractivity contribution in [1.82, 2.24) is 5.32 Å². The number of aliphatic imine (C=N–C) groups is 1. The first-order valence-electron chi connectivity index (χ1n) is 7.76. The number of rotatable bonds is 3. The highest BCUT2D eigenvalue weighted by Gasteiger charge is 2.36. The van der Waals surface area contributed by atoms with E-state index in [0.717, 1.165) is 17.9 Å². The lowest BCUT2D eigenvalue weighted by Crippen LogP contribution is -2.33. The molecule has 0 aromatic rings. The minimum Gasteiger partial charge on any atom is -0.369 e. The predicted molar refractivity (Wildman–Crippen MR) is 82.2 cm³/mol. The number of hydrogen-bond acceptors (Lipinski definition) is 1. The first-order valence-corrected chi connectivity index (χ1v) is 7.76. The van der Waals surface area contributed by atoms with E-state index in [9.17, 15) is 0 Å². The van der Waals surface area contributed by atoms with Crippen molar-refractivity contribution < 1.29 is 0 Å². The van der Waals surface area contributed by atoms with Gasteiger partial charge in [0.2, 0.25) is 0 Å². The molecule has 1 aliphatic heterocycles. The Bertz CT molecular complexity index is 433. The van der Waals surface area contributed by atoms with Crippen molar-refractivity contribution in [2.24, 2.45) is 16.6 Å². The van der Waals surface area contributed by atoms with Crippen molar-refractivity contribution in [3.8, 4) is 0 Å². The van der Waals surface area contributed by atoms with E-state index in [-0.39, 0.29) is 0 Å². The SMILES string of the molecule is C=C(N/C(N)=N/C1=C2BC2CCC1)C1CCCCC1. The summed E-state index contributed by atoms with van der Waals surface area (Å²) < 4.78 is 0. The second-order valence-corrected chi connectivity index (χ2v) is 6.25. The summed E-state index contributed by atoms with van der Waals surface area (Å²) in [6, 6.07) is 0. The van der Waals surface area contributed by atoms with Crippen LogP contribution in [0.5, 0.6) is 0 Å². The molecule has 0 amide bonds. The second-order valence-electron chi connectivity index (χ2n) is 6.25. The largest absolute Gasteiger partial charge is 0.369 e. The highest BCUT2D eigenvalue weighted by molar-refractivity contribution is 6.64. The Hall–Kier alpha value is -1.19. The fourth-order valence-electron chi connectivity index (χ4n) is 3.53. The molecule has 0 radical (unpaired) electrons. The summed E-state index contributed by atoms with van der Waals surface area (Å²) in [4.78, 5) is 4.60. The van der Waals surface area contributed by atoms with Crippen molar-refractivity contribution in [1.29, 1.82) is 0 Å². The maximum absolute atomic E-state index is 6.04. The minimum absolute atomic E-state index is 0.547. The number of fused-ring (bicyclic) bond motifs is 1. The van der Waals surface area contributed by atoms with Gasteiger partial charge in [0.15, 0.2) is 13.2 Å². The summed E-state index contributed by atoms with van der Waals surface area (Å²) in [7, 11) is 1.26. The normalized spacial score (nSPS) is 27.6. The fourth-order valence-corrected chi connectivity index (χ4v) is 3.53. The lowest BCUT2D eigenvalue weighted by Gasteiger charge is -2.24. The summed E-state index contributed by atoms with van der Waals surface area (Å²) in [5, 5.41) is 3.24. The van der Waals surface area contributed by atoms with Gasteiger partial charge in [-0.15, -0.1) is 0 Å². The number of guanidine groups is 1. The second kappa shape index (κ2) is 5.44. The fraction of sp³-hybridized carbons (Fsp3) is 0.667. The topological polar surface area (TPSA) is 50.4 Å². The van der Waals surface area contributed by atoms with E-state index in [0.29, 0.717) is 11.9 Å². The quantitative estimate of drug-likeness (QED) is 0.464. The van der Waals surface area contributed by atoms with Crippen LogP contribution in [0, 0.1) is 5.92 Å². The molecule has 0 aromatic heterocycles. The Morgan fingerprint density at radius 1 is 1.21 bits per heavy atom. The molecule has 1 atom stereocenters. The Morgan fingerprint density at radius 3 is 2.79 bits per heavy atom. The molecule has 1 saturated heterocycles.